The van der Waals surface area contributed by atoms with Crippen LogP contribution in [0.4, 0.5) is 5.13 Å². The van der Waals surface area contributed by atoms with Crippen LogP contribution < -0.4 is 5.32 Å². The molecular formula is C15H18N4O2S. The summed E-state index contributed by atoms with van der Waals surface area (Å²) in [7, 11) is 0. The van der Waals surface area contributed by atoms with Crippen LogP contribution in [-0.2, 0) is 11.2 Å². The summed E-state index contributed by atoms with van der Waals surface area (Å²) in [4.78, 5) is 20.7. The van der Waals surface area contributed by atoms with Gasteiger partial charge in [-0.1, -0.05) is 5.16 Å². The molecule has 6 nitrogen and oxygen atoms in total. The summed E-state index contributed by atoms with van der Waals surface area (Å²) in [6.45, 7) is 0. The fraction of sp³-hybridized carbons (Fsp3) is 0.600. The normalized spacial score (nSPS) is 17.6. The van der Waals surface area contributed by atoms with Crippen LogP contribution >= 0.6 is 11.3 Å². The third kappa shape index (κ3) is 3.35. The van der Waals surface area contributed by atoms with Gasteiger partial charge in [-0.2, -0.15) is 4.98 Å². The van der Waals surface area contributed by atoms with Gasteiger partial charge in [0.15, 0.2) is 11.0 Å². The summed E-state index contributed by atoms with van der Waals surface area (Å²) in [5.41, 5.74) is 1.12. The summed E-state index contributed by atoms with van der Waals surface area (Å²) in [5.74, 6) is 2.60. The number of carbonyl (C=O) groups is 1. The van der Waals surface area contributed by atoms with Crippen molar-refractivity contribution >= 4 is 22.4 Å². The summed E-state index contributed by atoms with van der Waals surface area (Å²) in [6.07, 6.45) is 6.58. The summed E-state index contributed by atoms with van der Waals surface area (Å²) >= 11 is 1.51. The van der Waals surface area contributed by atoms with Crippen LogP contribution in [-0.4, -0.2) is 21.0 Å². The number of hydrogen-bond acceptors (Lipinski definition) is 6. The van der Waals surface area contributed by atoms with Crippen molar-refractivity contribution in [2.75, 3.05) is 5.32 Å². The zero-order chi connectivity index (χ0) is 14.9. The van der Waals surface area contributed by atoms with E-state index in [4.69, 9.17) is 4.52 Å². The lowest BCUT2D eigenvalue weighted by atomic mass is 10.2. The highest BCUT2D eigenvalue weighted by Crippen LogP contribution is 2.41. The molecule has 1 N–H and O–H groups in total. The molecule has 0 bridgehead atoms. The number of hydrogen-bond donors (Lipinski definition) is 1. The minimum atomic E-state index is -0.00127. The topological polar surface area (TPSA) is 80.9 Å². The molecule has 2 aliphatic carbocycles. The lowest BCUT2D eigenvalue weighted by molar-refractivity contribution is -0.116. The Kier molecular flexibility index (Phi) is 3.65. The first-order valence-electron chi connectivity index (χ1n) is 7.85. The van der Waals surface area contributed by atoms with Gasteiger partial charge in [-0.25, -0.2) is 4.98 Å². The molecule has 2 saturated carbocycles. The molecule has 0 atom stereocenters. The first-order valence-corrected chi connectivity index (χ1v) is 8.73. The maximum Gasteiger partial charge on any atom is 0.226 e. The van der Waals surface area contributed by atoms with Crippen LogP contribution in [0, 0.1) is 0 Å². The Labute approximate surface area is 132 Å². The molecule has 4 rings (SSSR count). The van der Waals surface area contributed by atoms with Crippen molar-refractivity contribution in [3.63, 3.8) is 0 Å². The monoisotopic (exact) mass is 318 g/mol. The second-order valence-electron chi connectivity index (χ2n) is 6.07. The molecule has 7 heteroatoms. The predicted octanol–water partition coefficient (Wildman–Crippen LogP) is 3.24. The molecule has 2 aromatic heterocycles. The van der Waals surface area contributed by atoms with Gasteiger partial charge in [0.25, 0.3) is 0 Å². The molecule has 2 aromatic rings. The number of rotatable bonds is 7. The van der Waals surface area contributed by atoms with Crippen molar-refractivity contribution in [3.8, 4) is 0 Å². The van der Waals surface area contributed by atoms with E-state index in [-0.39, 0.29) is 5.91 Å². The number of nitrogens with zero attached hydrogens (tertiary/aromatic N) is 3. The Hall–Kier alpha value is -1.76. The van der Waals surface area contributed by atoms with Crippen molar-refractivity contribution in [2.24, 2.45) is 0 Å². The van der Waals surface area contributed by atoms with Crippen LogP contribution in [0.1, 0.15) is 67.8 Å². The molecule has 2 fully saturated rings. The first-order chi connectivity index (χ1) is 10.8. The van der Waals surface area contributed by atoms with Gasteiger partial charge >= 0.3 is 0 Å². The third-order valence-corrected chi connectivity index (χ3v) is 4.76. The van der Waals surface area contributed by atoms with Crippen LogP contribution in [0.3, 0.4) is 0 Å². The lowest BCUT2D eigenvalue weighted by Gasteiger charge is -2.00. The van der Waals surface area contributed by atoms with Crippen molar-refractivity contribution < 1.29 is 9.32 Å². The molecule has 22 heavy (non-hydrogen) atoms. The number of amides is 1. The van der Waals surface area contributed by atoms with Crippen LogP contribution in [0.2, 0.25) is 0 Å². The molecule has 0 saturated heterocycles. The highest BCUT2D eigenvalue weighted by molar-refractivity contribution is 7.13. The van der Waals surface area contributed by atoms with E-state index < -0.39 is 0 Å². The SMILES string of the molecule is O=C(CCCc1nc(C2CC2)no1)Nc1nc(C2CC2)cs1. The van der Waals surface area contributed by atoms with Crippen molar-refractivity contribution in [1.82, 2.24) is 15.1 Å². The van der Waals surface area contributed by atoms with Gasteiger partial charge in [0.2, 0.25) is 11.8 Å². The van der Waals surface area contributed by atoms with Crippen molar-refractivity contribution in [1.29, 1.82) is 0 Å². The maximum atomic E-state index is 11.9. The first kappa shape index (κ1) is 13.9. The average molecular weight is 318 g/mol. The maximum absolute atomic E-state index is 11.9. The Balaban J connectivity index is 1.21. The summed E-state index contributed by atoms with van der Waals surface area (Å²) < 4.78 is 5.20. The zero-order valence-corrected chi connectivity index (χ0v) is 13.1. The Morgan fingerprint density at radius 3 is 2.86 bits per heavy atom. The molecule has 0 radical (unpaired) electrons. The van der Waals surface area contributed by atoms with Gasteiger partial charge < -0.3 is 9.84 Å². The fourth-order valence-electron chi connectivity index (χ4n) is 2.37. The molecule has 1 amide bonds. The van der Waals surface area contributed by atoms with E-state index in [9.17, 15) is 4.79 Å². The molecule has 2 aliphatic rings. The molecular weight excluding hydrogens is 300 g/mol. The van der Waals surface area contributed by atoms with E-state index in [0.29, 0.717) is 42.1 Å². The number of nitrogens with one attached hydrogen (secondary N) is 1. The van der Waals surface area contributed by atoms with Crippen molar-refractivity contribution in [2.45, 2.75) is 56.8 Å². The average Bonchev–Trinajstić information content (AvgIpc) is 3.44. The number of carbonyl (C=O) groups excluding carboxylic acids is 1. The fourth-order valence-corrected chi connectivity index (χ4v) is 3.18. The lowest BCUT2D eigenvalue weighted by Crippen LogP contribution is -2.11. The van der Waals surface area contributed by atoms with Gasteiger partial charge in [0, 0.05) is 30.1 Å². The minimum absolute atomic E-state index is 0.00127. The molecule has 0 aliphatic heterocycles. The number of aryl methyl sites for hydroxylation is 1. The van der Waals surface area contributed by atoms with Gasteiger partial charge in [-0.3, -0.25) is 4.79 Å². The Morgan fingerprint density at radius 2 is 2.09 bits per heavy atom. The van der Waals surface area contributed by atoms with E-state index in [1.165, 1.54) is 24.2 Å². The second-order valence-corrected chi connectivity index (χ2v) is 6.93. The number of aromatic nitrogens is 3. The van der Waals surface area contributed by atoms with E-state index >= 15 is 0 Å². The minimum Gasteiger partial charge on any atom is -0.339 e. The van der Waals surface area contributed by atoms with Crippen molar-refractivity contribution in [3.05, 3.63) is 22.8 Å². The summed E-state index contributed by atoms with van der Waals surface area (Å²) in [6, 6.07) is 0. The van der Waals surface area contributed by atoms with Gasteiger partial charge in [0.1, 0.15) is 0 Å². The molecule has 0 spiro atoms. The Bertz CT molecular complexity index is 673. The van der Waals surface area contributed by atoms with Crippen LogP contribution in [0.5, 0.6) is 0 Å². The van der Waals surface area contributed by atoms with Crippen LogP contribution in [0.15, 0.2) is 9.90 Å². The van der Waals surface area contributed by atoms with E-state index in [2.05, 4.69) is 20.4 Å². The summed E-state index contributed by atoms with van der Waals surface area (Å²) in [5, 5.41) is 9.60. The Morgan fingerprint density at radius 1 is 1.27 bits per heavy atom. The molecule has 0 aromatic carbocycles. The van der Waals surface area contributed by atoms with E-state index in [1.807, 2.05) is 5.38 Å². The standard InChI is InChI=1S/C15H18N4O2S/c20-12(17-15-16-11(8-22-15)9-4-5-9)2-1-3-13-18-14(19-21-13)10-6-7-10/h8-10H,1-7H2,(H,16,17,20). The largest absolute Gasteiger partial charge is 0.339 e. The highest BCUT2D eigenvalue weighted by Gasteiger charge is 2.28. The smallest absolute Gasteiger partial charge is 0.226 e. The van der Waals surface area contributed by atoms with Gasteiger partial charge in [-0.15, -0.1) is 11.3 Å². The highest BCUT2D eigenvalue weighted by atomic mass is 32.1. The zero-order valence-electron chi connectivity index (χ0n) is 12.2. The molecule has 2 heterocycles. The van der Waals surface area contributed by atoms with E-state index in [0.717, 1.165) is 24.4 Å². The third-order valence-electron chi connectivity index (χ3n) is 3.98. The second kappa shape index (κ2) is 5.79. The van der Waals surface area contributed by atoms with E-state index in [1.54, 1.807) is 0 Å². The van der Waals surface area contributed by atoms with Gasteiger partial charge in [-0.05, 0) is 32.1 Å². The quantitative estimate of drug-likeness (QED) is 0.847. The van der Waals surface area contributed by atoms with Crippen LogP contribution in [0.25, 0.3) is 0 Å². The predicted molar refractivity (Wildman–Crippen MR) is 81.9 cm³/mol. The molecule has 116 valence electrons. The van der Waals surface area contributed by atoms with Gasteiger partial charge in [0.05, 0.1) is 5.69 Å². The number of thiazole rings is 1. The number of anilines is 1. The molecule has 0 unspecified atom stereocenters.